The normalized spacial score (nSPS) is 16.0. The number of hydrogen-bond donors (Lipinski definition) is 2. The lowest BCUT2D eigenvalue weighted by atomic mass is 10.0. The molecule has 1 aliphatic rings. The first-order valence-corrected chi connectivity index (χ1v) is 8.56. The van der Waals surface area contributed by atoms with E-state index in [0.717, 1.165) is 49.5 Å². The summed E-state index contributed by atoms with van der Waals surface area (Å²) in [6, 6.07) is 0.421. The van der Waals surface area contributed by atoms with Gasteiger partial charge in [-0.15, -0.1) is 10.2 Å². The Bertz CT molecular complexity index is 491. The predicted octanol–water partition coefficient (Wildman–Crippen LogP) is 2.10. The zero-order valence-electron chi connectivity index (χ0n) is 14.4. The lowest BCUT2D eigenvalue weighted by molar-refractivity contribution is 0.489. The number of aromatic nitrogens is 3. The minimum Gasteiger partial charge on any atom is -0.357 e. The molecule has 1 aliphatic heterocycles. The molecular formula is C16H30N6. The number of aliphatic imine (C=N–C) groups is 1. The predicted molar refractivity (Wildman–Crippen MR) is 89.8 cm³/mol. The van der Waals surface area contributed by atoms with Crippen LogP contribution < -0.4 is 10.6 Å². The van der Waals surface area contributed by atoms with Gasteiger partial charge >= 0.3 is 0 Å². The third-order valence-corrected chi connectivity index (χ3v) is 3.97. The van der Waals surface area contributed by atoms with Gasteiger partial charge in [-0.05, 0) is 39.0 Å². The van der Waals surface area contributed by atoms with Crippen molar-refractivity contribution in [1.29, 1.82) is 0 Å². The van der Waals surface area contributed by atoms with Gasteiger partial charge in [0.2, 0.25) is 0 Å². The summed E-state index contributed by atoms with van der Waals surface area (Å²) < 4.78 is 2.20. The molecule has 2 heterocycles. The quantitative estimate of drug-likeness (QED) is 0.598. The summed E-state index contributed by atoms with van der Waals surface area (Å²) >= 11 is 0. The van der Waals surface area contributed by atoms with Crippen LogP contribution in [0.2, 0.25) is 0 Å². The van der Waals surface area contributed by atoms with Crippen LogP contribution in [0.15, 0.2) is 4.99 Å². The van der Waals surface area contributed by atoms with Crippen LogP contribution in [0.25, 0.3) is 0 Å². The SMILES string of the molecule is CCNC(=NCc1nnc2n1CCC2)NC(C)CCC(C)C. The Labute approximate surface area is 133 Å². The van der Waals surface area contributed by atoms with Crippen molar-refractivity contribution in [2.75, 3.05) is 6.54 Å². The van der Waals surface area contributed by atoms with E-state index in [9.17, 15) is 0 Å². The van der Waals surface area contributed by atoms with Gasteiger partial charge in [0.25, 0.3) is 0 Å². The van der Waals surface area contributed by atoms with Crippen LogP contribution in [0.1, 0.15) is 58.6 Å². The number of nitrogens with one attached hydrogen (secondary N) is 2. The summed E-state index contributed by atoms with van der Waals surface area (Å²) in [6.07, 6.45) is 4.60. The highest BCUT2D eigenvalue weighted by molar-refractivity contribution is 5.79. The molecule has 1 atom stereocenters. The highest BCUT2D eigenvalue weighted by Crippen LogP contribution is 2.14. The molecule has 0 saturated heterocycles. The van der Waals surface area contributed by atoms with Gasteiger partial charge in [-0.1, -0.05) is 13.8 Å². The highest BCUT2D eigenvalue weighted by atomic mass is 15.3. The molecule has 6 nitrogen and oxygen atoms in total. The van der Waals surface area contributed by atoms with E-state index in [0.29, 0.717) is 12.6 Å². The Morgan fingerprint density at radius 1 is 1.27 bits per heavy atom. The van der Waals surface area contributed by atoms with E-state index in [1.54, 1.807) is 0 Å². The van der Waals surface area contributed by atoms with Crippen molar-refractivity contribution < 1.29 is 0 Å². The first-order chi connectivity index (χ1) is 10.6. The van der Waals surface area contributed by atoms with E-state index in [2.05, 4.69) is 58.1 Å². The Morgan fingerprint density at radius 3 is 2.82 bits per heavy atom. The number of fused-ring (bicyclic) bond motifs is 1. The van der Waals surface area contributed by atoms with Crippen molar-refractivity contribution in [2.24, 2.45) is 10.9 Å². The van der Waals surface area contributed by atoms with Gasteiger partial charge in [-0.3, -0.25) is 0 Å². The van der Waals surface area contributed by atoms with Crippen LogP contribution >= 0.6 is 0 Å². The third-order valence-electron chi connectivity index (χ3n) is 3.97. The highest BCUT2D eigenvalue weighted by Gasteiger charge is 2.16. The number of hydrogen-bond acceptors (Lipinski definition) is 3. The summed E-state index contributed by atoms with van der Waals surface area (Å²) in [7, 11) is 0. The van der Waals surface area contributed by atoms with E-state index in [-0.39, 0.29) is 0 Å². The maximum atomic E-state index is 4.67. The molecule has 0 amide bonds. The first kappa shape index (κ1) is 16.8. The molecule has 0 aliphatic carbocycles. The average molecular weight is 306 g/mol. The number of aryl methyl sites for hydroxylation is 1. The molecule has 1 unspecified atom stereocenters. The second-order valence-electron chi connectivity index (χ2n) is 6.50. The van der Waals surface area contributed by atoms with E-state index < -0.39 is 0 Å². The number of guanidine groups is 1. The van der Waals surface area contributed by atoms with E-state index in [1.807, 2.05) is 0 Å². The van der Waals surface area contributed by atoms with Gasteiger partial charge in [-0.2, -0.15) is 0 Å². The second kappa shape index (κ2) is 8.15. The summed E-state index contributed by atoms with van der Waals surface area (Å²) in [5, 5.41) is 15.3. The number of nitrogens with zero attached hydrogens (tertiary/aromatic N) is 4. The molecule has 0 spiro atoms. The van der Waals surface area contributed by atoms with Crippen molar-refractivity contribution in [3.63, 3.8) is 0 Å². The largest absolute Gasteiger partial charge is 0.357 e. The van der Waals surface area contributed by atoms with Crippen molar-refractivity contribution in [2.45, 2.75) is 72.5 Å². The van der Waals surface area contributed by atoms with Crippen molar-refractivity contribution >= 4 is 5.96 Å². The fourth-order valence-electron chi connectivity index (χ4n) is 2.69. The topological polar surface area (TPSA) is 67.1 Å². The van der Waals surface area contributed by atoms with Crippen LogP contribution in [0.3, 0.4) is 0 Å². The Balaban J connectivity index is 1.91. The van der Waals surface area contributed by atoms with Crippen LogP contribution in [0.4, 0.5) is 0 Å². The molecule has 0 radical (unpaired) electrons. The van der Waals surface area contributed by atoms with Crippen LogP contribution in [-0.2, 0) is 19.5 Å². The van der Waals surface area contributed by atoms with Gasteiger partial charge in [0.1, 0.15) is 12.4 Å². The first-order valence-electron chi connectivity index (χ1n) is 8.56. The molecule has 2 N–H and O–H groups in total. The molecule has 22 heavy (non-hydrogen) atoms. The van der Waals surface area contributed by atoms with E-state index in [4.69, 9.17) is 0 Å². The smallest absolute Gasteiger partial charge is 0.191 e. The van der Waals surface area contributed by atoms with Gasteiger partial charge in [0.05, 0.1) is 0 Å². The van der Waals surface area contributed by atoms with Gasteiger partial charge < -0.3 is 15.2 Å². The minimum atomic E-state index is 0.421. The molecule has 1 aromatic heterocycles. The average Bonchev–Trinajstić information content (AvgIpc) is 3.06. The minimum absolute atomic E-state index is 0.421. The van der Waals surface area contributed by atoms with E-state index in [1.165, 1.54) is 12.8 Å². The third kappa shape index (κ3) is 4.71. The van der Waals surface area contributed by atoms with Gasteiger partial charge in [0.15, 0.2) is 11.8 Å². The number of rotatable bonds is 7. The fraction of sp³-hybridized carbons (Fsp3) is 0.812. The summed E-state index contributed by atoms with van der Waals surface area (Å²) in [5.74, 6) is 3.68. The zero-order valence-corrected chi connectivity index (χ0v) is 14.4. The van der Waals surface area contributed by atoms with Crippen molar-refractivity contribution in [1.82, 2.24) is 25.4 Å². The van der Waals surface area contributed by atoms with Crippen LogP contribution in [-0.4, -0.2) is 33.3 Å². The van der Waals surface area contributed by atoms with Crippen LogP contribution in [0, 0.1) is 5.92 Å². The molecule has 0 bridgehead atoms. The lowest BCUT2D eigenvalue weighted by Crippen LogP contribution is -2.42. The molecular weight excluding hydrogens is 276 g/mol. The van der Waals surface area contributed by atoms with Crippen LogP contribution in [0.5, 0.6) is 0 Å². The standard InChI is InChI=1S/C16H30N6/c1-5-17-16(19-13(4)9-8-12(2)3)18-11-15-21-20-14-7-6-10-22(14)15/h12-13H,5-11H2,1-4H3,(H2,17,18,19). The van der Waals surface area contributed by atoms with Crippen molar-refractivity contribution in [3.8, 4) is 0 Å². The lowest BCUT2D eigenvalue weighted by Gasteiger charge is -2.18. The molecule has 1 aromatic rings. The monoisotopic (exact) mass is 306 g/mol. The van der Waals surface area contributed by atoms with Gasteiger partial charge in [-0.25, -0.2) is 4.99 Å². The summed E-state index contributed by atoms with van der Waals surface area (Å²) in [5.41, 5.74) is 0. The summed E-state index contributed by atoms with van der Waals surface area (Å²) in [4.78, 5) is 4.67. The molecule has 0 saturated carbocycles. The maximum Gasteiger partial charge on any atom is 0.191 e. The maximum absolute atomic E-state index is 4.67. The second-order valence-corrected chi connectivity index (χ2v) is 6.50. The Kier molecular flexibility index (Phi) is 6.21. The molecule has 0 aromatic carbocycles. The Morgan fingerprint density at radius 2 is 2.09 bits per heavy atom. The zero-order chi connectivity index (χ0) is 15.9. The van der Waals surface area contributed by atoms with E-state index >= 15 is 0 Å². The van der Waals surface area contributed by atoms with Gasteiger partial charge in [0, 0.05) is 25.6 Å². The summed E-state index contributed by atoms with van der Waals surface area (Å²) in [6.45, 7) is 11.3. The van der Waals surface area contributed by atoms with Crippen molar-refractivity contribution in [3.05, 3.63) is 11.6 Å². The molecule has 2 rings (SSSR count). The molecule has 6 heteroatoms. The molecule has 124 valence electrons. The molecule has 0 fully saturated rings. The Hall–Kier alpha value is -1.59. The fourth-order valence-corrected chi connectivity index (χ4v) is 2.69.